The molecule has 3 N–H and O–H groups in total. The van der Waals surface area contributed by atoms with Gasteiger partial charge in [0.05, 0.1) is 11.1 Å². The van der Waals surface area contributed by atoms with E-state index < -0.39 is 42.0 Å². The Morgan fingerprint density at radius 3 is 2.33 bits per heavy atom. The van der Waals surface area contributed by atoms with E-state index in [0.717, 1.165) is 5.57 Å². The normalized spacial score (nSPS) is 28.2. The lowest BCUT2D eigenvalue weighted by Gasteiger charge is -2.32. The van der Waals surface area contributed by atoms with E-state index in [1.165, 1.54) is 24.1 Å². The lowest BCUT2D eigenvalue weighted by atomic mass is 9.95. The van der Waals surface area contributed by atoms with Crippen LogP contribution >= 0.6 is 11.6 Å². The van der Waals surface area contributed by atoms with Gasteiger partial charge in [-0.1, -0.05) is 57.0 Å². The van der Waals surface area contributed by atoms with Crippen molar-refractivity contribution >= 4 is 35.3 Å². The summed E-state index contributed by atoms with van der Waals surface area (Å²) >= 11 is 6.09. The van der Waals surface area contributed by atoms with E-state index in [1.54, 1.807) is 33.8 Å². The number of amides is 3. The second-order valence-electron chi connectivity index (χ2n) is 11.5. The molecule has 0 saturated carbocycles. The number of ether oxygens (including phenoxy) is 1. The summed E-state index contributed by atoms with van der Waals surface area (Å²) in [6, 6.07) is 1.67. The highest BCUT2D eigenvalue weighted by atomic mass is 35.5. The van der Waals surface area contributed by atoms with Crippen molar-refractivity contribution in [3.63, 3.8) is 0 Å². The summed E-state index contributed by atoms with van der Waals surface area (Å²) in [4.78, 5) is 54.5. The van der Waals surface area contributed by atoms with Crippen molar-refractivity contribution in [2.24, 2.45) is 17.8 Å². The van der Waals surface area contributed by atoms with Crippen molar-refractivity contribution in [3.8, 4) is 5.75 Å². The Hall–Kier alpha value is -3.07. The molecule has 1 aliphatic rings. The van der Waals surface area contributed by atoms with Crippen LogP contribution in [0.1, 0.15) is 66.9 Å². The zero-order valence-corrected chi connectivity index (χ0v) is 25.5. The predicted octanol–water partition coefficient (Wildman–Crippen LogP) is 4.00. The number of aromatic hydroxyl groups is 1. The summed E-state index contributed by atoms with van der Waals surface area (Å²) in [5.74, 6) is -2.48. The number of hydrogen-bond acceptors (Lipinski definition) is 6. The molecule has 0 saturated heterocycles. The average Bonchev–Trinajstić information content (AvgIpc) is 2.85. The van der Waals surface area contributed by atoms with E-state index in [0.29, 0.717) is 18.4 Å². The first kappa shape index (κ1) is 33.1. The minimum absolute atomic E-state index is 0.0584. The standard InChI is InChI=1S/C30H44ClN3O6/c1-16(2)26-30(39)40-20(6)13-18(4)11-17(3)12-19(5)27(36)32-21(7)29(38)34(8)24(28(37)33-26)15-22-9-10-25(35)23(31)14-22/h9-11,14,16,18-21,24,26,35H,12-13,15H2,1-8H3,(H,32,36)(H,33,37). The molecule has 1 heterocycles. The Balaban J connectivity index is 2.48. The fourth-order valence-electron chi connectivity index (χ4n) is 4.97. The van der Waals surface area contributed by atoms with Gasteiger partial charge in [-0.3, -0.25) is 14.4 Å². The minimum Gasteiger partial charge on any atom is -0.506 e. The second kappa shape index (κ2) is 14.5. The quantitative estimate of drug-likeness (QED) is 0.368. The van der Waals surface area contributed by atoms with Gasteiger partial charge in [0.2, 0.25) is 17.7 Å². The van der Waals surface area contributed by atoms with E-state index >= 15 is 0 Å². The Bertz CT molecular complexity index is 1120. The number of likely N-dealkylation sites (N-methyl/N-ethyl adjacent to an activating group) is 1. The van der Waals surface area contributed by atoms with E-state index in [1.807, 2.05) is 20.8 Å². The fourth-order valence-corrected chi connectivity index (χ4v) is 5.17. The van der Waals surface area contributed by atoms with Gasteiger partial charge in [0.25, 0.3) is 0 Å². The molecule has 40 heavy (non-hydrogen) atoms. The second-order valence-corrected chi connectivity index (χ2v) is 11.9. The largest absolute Gasteiger partial charge is 0.506 e. The third kappa shape index (κ3) is 9.25. The van der Waals surface area contributed by atoms with Gasteiger partial charge >= 0.3 is 5.97 Å². The van der Waals surface area contributed by atoms with E-state index in [4.69, 9.17) is 16.3 Å². The zero-order valence-electron chi connectivity index (χ0n) is 24.8. The van der Waals surface area contributed by atoms with Gasteiger partial charge in [-0.05, 0) is 63.1 Å². The van der Waals surface area contributed by atoms with Gasteiger partial charge in [-0.25, -0.2) is 4.79 Å². The van der Waals surface area contributed by atoms with Gasteiger partial charge in [0.1, 0.15) is 23.9 Å². The van der Waals surface area contributed by atoms with Crippen LogP contribution in [0.5, 0.6) is 5.75 Å². The molecule has 0 bridgehead atoms. The number of carbonyl (C=O) groups is 4. The highest BCUT2D eigenvalue weighted by Gasteiger charge is 2.35. The molecule has 0 spiro atoms. The number of halogens is 1. The number of benzene rings is 1. The summed E-state index contributed by atoms with van der Waals surface area (Å²) in [6.45, 7) is 12.8. The molecule has 6 unspecified atom stereocenters. The molecule has 3 amide bonds. The Morgan fingerprint density at radius 1 is 1.07 bits per heavy atom. The molecule has 0 fully saturated rings. The third-order valence-electron chi connectivity index (χ3n) is 7.17. The maximum Gasteiger partial charge on any atom is 0.329 e. The topological polar surface area (TPSA) is 125 Å². The maximum absolute atomic E-state index is 13.7. The molecule has 1 aromatic carbocycles. The van der Waals surface area contributed by atoms with Crippen LogP contribution in [0.2, 0.25) is 5.02 Å². The molecule has 1 aromatic rings. The molecule has 2 rings (SSSR count). The monoisotopic (exact) mass is 577 g/mol. The van der Waals surface area contributed by atoms with Crippen LogP contribution in [-0.4, -0.2) is 65.0 Å². The van der Waals surface area contributed by atoms with Crippen molar-refractivity contribution in [1.29, 1.82) is 0 Å². The van der Waals surface area contributed by atoms with Crippen LogP contribution in [-0.2, 0) is 30.3 Å². The van der Waals surface area contributed by atoms with Crippen LogP contribution in [0.25, 0.3) is 0 Å². The lowest BCUT2D eigenvalue weighted by molar-refractivity contribution is -0.155. The van der Waals surface area contributed by atoms with Gasteiger partial charge in [-0.15, -0.1) is 0 Å². The van der Waals surface area contributed by atoms with Gasteiger partial charge in [0.15, 0.2) is 0 Å². The highest BCUT2D eigenvalue weighted by molar-refractivity contribution is 6.32. The number of rotatable bonds is 3. The number of nitrogens with one attached hydrogen (secondary N) is 2. The fraction of sp³-hybridized carbons (Fsp3) is 0.600. The first-order valence-corrected chi connectivity index (χ1v) is 14.2. The van der Waals surface area contributed by atoms with E-state index in [2.05, 4.69) is 16.7 Å². The molecule has 9 nitrogen and oxygen atoms in total. The number of phenols is 1. The number of allylic oxidation sites excluding steroid dienone is 2. The van der Waals surface area contributed by atoms with Gasteiger partial charge in [-0.2, -0.15) is 0 Å². The highest BCUT2D eigenvalue weighted by Crippen LogP contribution is 2.25. The third-order valence-corrected chi connectivity index (χ3v) is 7.48. The molecule has 222 valence electrons. The van der Waals surface area contributed by atoms with Crippen molar-refractivity contribution in [3.05, 3.63) is 40.4 Å². The first-order valence-electron chi connectivity index (χ1n) is 13.8. The smallest absolute Gasteiger partial charge is 0.329 e. The lowest BCUT2D eigenvalue weighted by Crippen LogP contribution is -2.57. The van der Waals surface area contributed by atoms with Crippen molar-refractivity contribution in [1.82, 2.24) is 15.5 Å². The van der Waals surface area contributed by atoms with Gasteiger partial charge in [0, 0.05) is 19.4 Å². The van der Waals surface area contributed by atoms with Crippen LogP contribution in [0, 0.1) is 17.8 Å². The summed E-state index contributed by atoms with van der Waals surface area (Å²) in [7, 11) is 1.48. The molecule has 6 atom stereocenters. The minimum atomic E-state index is -1.04. The van der Waals surface area contributed by atoms with Crippen LogP contribution in [0.4, 0.5) is 0 Å². The Morgan fingerprint density at radius 2 is 1.73 bits per heavy atom. The number of phenolic OH excluding ortho intramolecular Hbond substituents is 1. The van der Waals surface area contributed by atoms with Crippen molar-refractivity contribution in [2.45, 2.75) is 92.0 Å². The van der Waals surface area contributed by atoms with Crippen LogP contribution < -0.4 is 10.6 Å². The summed E-state index contributed by atoms with van der Waals surface area (Å²) in [6.07, 6.45) is 2.83. The number of hydrogen-bond donors (Lipinski definition) is 3. The van der Waals surface area contributed by atoms with Crippen LogP contribution in [0.3, 0.4) is 0 Å². The SMILES string of the molecule is CC1=CC(C)CC(C)OC(=O)C(C(C)C)NC(=O)C(Cc2ccc(O)c(Cl)c2)N(C)C(=O)C(C)NC(=O)C(C)C1. The number of esters is 1. The molecule has 10 heteroatoms. The Kier molecular flexibility index (Phi) is 12.0. The van der Waals surface area contributed by atoms with Crippen LogP contribution in [0.15, 0.2) is 29.8 Å². The number of carbonyl (C=O) groups excluding carboxylic acids is 4. The van der Waals surface area contributed by atoms with Crippen molar-refractivity contribution < 1.29 is 29.0 Å². The molecular formula is C30H44ClN3O6. The number of cyclic esters (lactones) is 1. The molecule has 0 radical (unpaired) electrons. The summed E-state index contributed by atoms with van der Waals surface area (Å²) in [5, 5.41) is 15.5. The Labute approximate surface area is 242 Å². The summed E-state index contributed by atoms with van der Waals surface area (Å²) in [5.41, 5.74) is 1.63. The van der Waals surface area contributed by atoms with E-state index in [9.17, 15) is 24.3 Å². The molecule has 0 aliphatic carbocycles. The molecular weight excluding hydrogens is 534 g/mol. The average molecular weight is 578 g/mol. The van der Waals surface area contributed by atoms with Crippen molar-refractivity contribution in [2.75, 3.05) is 7.05 Å². The predicted molar refractivity (Wildman–Crippen MR) is 155 cm³/mol. The number of nitrogens with zero attached hydrogens (tertiary/aromatic N) is 1. The maximum atomic E-state index is 13.7. The first-order chi connectivity index (χ1) is 18.6. The van der Waals surface area contributed by atoms with Gasteiger partial charge < -0.3 is 25.4 Å². The molecule has 0 aromatic heterocycles. The molecule has 1 aliphatic heterocycles. The van der Waals surface area contributed by atoms with E-state index in [-0.39, 0.29) is 40.9 Å². The zero-order chi connectivity index (χ0) is 30.3. The summed E-state index contributed by atoms with van der Waals surface area (Å²) < 4.78 is 5.74.